The Morgan fingerprint density at radius 1 is 0.971 bits per heavy atom. The standard InChI is InChI=1S/C23H22O12/c1-31-20-14(34-23-19(29)17(27)18(28)21(35-23)22(30)32-2)8-13-15(16(20)26)11(25)7-12(33-13)9-3-5-10(24)6-4-9/h3-8,17-19,21,23-24,26-29H,1-2H3/t17-,18-,19?,21?,23+/m0/s1. The third kappa shape index (κ3) is 4.35. The molecule has 0 aliphatic carbocycles. The van der Waals surface area contributed by atoms with Crippen LogP contribution in [0.15, 0.2) is 45.6 Å². The van der Waals surface area contributed by atoms with E-state index in [0.717, 1.165) is 13.2 Å². The van der Waals surface area contributed by atoms with Crippen molar-refractivity contribution in [1.29, 1.82) is 0 Å². The molecule has 1 fully saturated rings. The van der Waals surface area contributed by atoms with Gasteiger partial charge in [0.15, 0.2) is 23.0 Å². The van der Waals surface area contributed by atoms with Crippen molar-refractivity contribution in [3.05, 3.63) is 46.6 Å². The first-order valence-electron chi connectivity index (χ1n) is 10.3. The Morgan fingerprint density at radius 3 is 2.29 bits per heavy atom. The molecule has 0 radical (unpaired) electrons. The largest absolute Gasteiger partial charge is 0.508 e. The molecule has 12 heteroatoms. The van der Waals surface area contributed by atoms with Crippen LogP contribution in [-0.2, 0) is 14.3 Å². The molecule has 5 atom stereocenters. The molecule has 4 rings (SSSR count). The van der Waals surface area contributed by atoms with Gasteiger partial charge in [-0.3, -0.25) is 4.79 Å². The van der Waals surface area contributed by atoms with Crippen LogP contribution in [0.4, 0.5) is 0 Å². The molecule has 2 heterocycles. The maximum absolute atomic E-state index is 12.8. The molecular formula is C23H22O12. The van der Waals surface area contributed by atoms with Gasteiger partial charge in [-0.15, -0.1) is 0 Å². The van der Waals surface area contributed by atoms with Crippen LogP contribution in [0.2, 0.25) is 0 Å². The van der Waals surface area contributed by atoms with Gasteiger partial charge in [-0.05, 0) is 24.3 Å². The van der Waals surface area contributed by atoms with Crippen molar-refractivity contribution in [2.75, 3.05) is 14.2 Å². The highest BCUT2D eigenvalue weighted by molar-refractivity contribution is 5.89. The Bertz CT molecular complexity index is 1300. The third-order valence-corrected chi connectivity index (χ3v) is 5.51. The van der Waals surface area contributed by atoms with Crippen LogP contribution in [0.1, 0.15) is 0 Å². The number of carbonyl (C=O) groups excluding carboxylic acids is 1. The van der Waals surface area contributed by atoms with Crippen LogP contribution in [0.3, 0.4) is 0 Å². The van der Waals surface area contributed by atoms with Crippen LogP contribution in [-0.4, -0.2) is 76.4 Å². The Labute approximate surface area is 197 Å². The summed E-state index contributed by atoms with van der Waals surface area (Å²) in [4.78, 5) is 24.7. The van der Waals surface area contributed by atoms with Crippen LogP contribution >= 0.6 is 0 Å². The predicted molar refractivity (Wildman–Crippen MR) is 117 cm³/mol. The molecule has 186 valence electrons. The molecule has 2 aromatic carbocycles. The van der Waals surface area contributed by atoms with E-state index in [4.69, 9.17) is 18.6 Å². The average Bonchev–Trinajstić information content (AvgIpc) is 2.84. The van der Waals surface area contributed by atoms with E-state index in [9.17, 15) is 35.1 Å². The Kier molecular flexibility index (Phi) is 6.54. The zero-order valence-corrected chi connectivity index (χ0v) is 18.4. The lowest BCUT2D eigenvalue weighted by Gasteiger charge is -2.38. The molecule has 1 aromatic heterocycles. The van der Waals surface area contributed by atoms with Crippen LogP contribution < -0.4 is 14.9 Å². The maximum Gasteiger partial charge on any atom is 0.337 e. The molecule has 3 aromatic rings. The fraction of sp³-hybridized carbons (Fsp3) is 0.304. The maximum atomic E-state index is 12.8. The molecule has 35 heavy (non-hydrogen) atoms. The molecular weight excluding hydrogens is 468 g/mol. The third-order valence-electron chi connectivity index (χ3n) is 5.51. The number of hydrogen-bond donors (Lipinski definition) is 5. The van der Waals surface area contributed by atoms with E-state index in [0.29, 0.717) is 5.56 Å². The molecule has 1 aliphatic heterocycles. The molecule has 2 unspecified atom stereocenters. The molecule has 12 nitrogen and oxygen atoms in total. The van der Waals surface area contributed by atoms with Gasteiger partial charge in [-0.1, -0.05) is 0 Å². The molecule has 0 amide bonds. The summed E-state index contributed by atoms with van der Waals surface area (Å²) >= 11 is 0. The minimum Gasteiger partial charge on any atom is -0.508 e. The van der Waals surface area contributed by atoms with Crippen molar-refractivity contribution in [2.24, 2.45) is 0 Å². The number of rotatable bonds is 5. The van der Waals surface area contributed by atoms with E-state index in [2.05, 4.69) is 4.74 Å². The smallest absolute Gasteiger partial charge is 0.337 e. The number of hydrogen-bond acceptors (Lipinski definition) is 12. The summed E-state index contributed by atoms with van der Waals surface area (Å²) in [7, 11) is 2.23. The number of fused-ring (bicyclic) bond motifs is 1. The topological polar surface area (TPSA) is 185 Å². The number of carbonyl (C=O) groups is 1. The van der Waals surface area contributed by atoms with E-state index in [1.807, 2.05) is 0 Å². The Balaban J connectivity index is 1.78. The van der Waals surface area contributed by atoms with Crippen LogP contribution in [0, 0.1) is 0 Å². The van der Waals surface area contributed by atoms with E-state index in [1.165, 1.54) is 37.4 Å². The second kappa shape index (κ2) is 9.43. The van der Waals surface area contributed by atoms with Crippen LogP contribution in [0.25, 0.3) is 22.3 Å². The fourth-order valence-corrected chi connectivity index (χ4v) is 3.70. The first-order chi connectivity index (χ1) is 16.7. The number of benzene rings is 2. The van der Waals surface area contributed by atoms with Gasteiger partial charge in [0.25, 0.3) is 0 Å². The first-order valence-corrected chi connectivity index (χ1v) is 10.3. The van der Waals surface area contributed by atoms with Crippen molar-refractivity contribution in [1.82, 2.24) is 0 Å². The fourth-order valence-electron chi connectivity index (χ4n) is 3.70. The van der Waals surface area contributed by atoms with Crippen molar-refractivity contribution >= 4 is 16.9 Å². The summed E-state index contributed by atoms with van der Waals surface area (Å²) in [6.07, 6.45) is -8.84. The van der Waals surface area contributed by atoms with E-state index in [1.54, 1.807) is 0 Å². The first kappa shape index (κ1) is 24.3. The molecule has 0 bridgehead atoms. The lowest BCUT2D eigenvalue weighted by atomic mass is 9.99. The lowest BCUT2D eigenvalue weighted by Crippen LogP contribution is -2.61. The second-order valence-corrected chi connectivity index (χ2v) is 7.69. The second-order valence-electron chi connectivity index (χ2n) is 7.69. The lowest BCUT2D eigenvalue weighted by molar-refractivity contribution is -0.272. The quantitative estimate of drug-likeness (QED) is 0.307. The zero-order chi connectivity index (χ0) is 25.4. The van der Waals surface area contributed by atoms with Gasteiger partial charge in [-0.25, -0.2) is 4.79 Å². The van der Waals surface area contributed by atoms with E-state index < -0.39 is 47.9 Å². The van der Waals surface area contributed by atoms with E-state index >= 15 is 0 Å². The van der Waals surface area contributed by atoms with Gasteiger partial charge in [0.1, 0.15) is 40.8 Å². The van der Waals surface area contributed by atoms with Crippen LogP contribution in [0.5, 0.6) is 23.0 Å². The normalized spacial score (nSPS) is 24.2. The zero-order valence-electron chi connectivity index (χ0n) is 18.4. The van der Waals surface area contributed by atoms with Crippen molar-refractivity contribution in [3.63, 3.8) is 0 Å². The van der Waals surface area contributed by atoms with E-state index in [-0.39, 0.29) is 34.0 Å². The van der Waals surface area contributed by atoms with Gasteiger partial charge in [0.2, 0.25) is 12.0 Å². The van der Waals surface area contributed by atoms with Crippen molar-refractivity contribution in [2.45, 2.75) is 30.7 Å². The number of aromatic hydroxyl groups is 2. The van der Waals surface area contributed by atoms with Gasteiger partial charge in [0, 0.05) is 17.7 Å². The highest BCUT2D eigenvalue weighted by Gasteiger charge is 2.48. The molecule has 1 saturated heterocycles. The summed E-state index contributed by atoms with van der Waals surface area (Å²) in [5, 5.41) is 50.5. The SMILES string of the molecule is COC(=O)C1O[C@@H](Oc2cc3oc(-c4ccc(O)cc4)cc(=O)c3c(O)c2OC)C(O)[C@@H](O)[C@@H]1O. The summed E-state index contributed by atoms with van der Waals surface area (Å²) < 4.78 is 26.4. The summed E-state index contributed by atoms with van der Waals surface area (Å²) in [5.74, 6) is -2.08. The number of aliphatic hydroxyl groups is 3. The average molecular weight is 490 g/mol. The summed E-state index contributed by atoms with van der Waals surface area (Å²) in [6, 6.07) is 8.19. The molecule has 5 N–H and O–H groups in total. The highest BCUT2D eigenvalue weighted by Crippen LogP contribution is 2.43. The molecule has 0 saturated carbocycles. The van der Waals surface area contributed by atoms with Gasteiger partial charge < -0.3 is 48.9 Å². The Hall–Kier alpha value is -3.84. The summed E-state index contributed by atoms with van der Waals surface area (Å²) in [5.41, 5.74) is -0.261. The number of ether oxygens (including phenoxy) is 4. The summed E-state index contributed by atoms with van der Waals surface area (Å²) in [6.45, 7) is 0. The van der Waals surface area contributed by atoms with Crippen molar-refractivity contribution in [3.8, 4) is 34.3 Å². The number of aliphatic hydroxyl groups excluding tert-OH is 3. The molecule has 1 aliphatic rings. The molecule has 0 spiro atoms. The minimum atomic E-state index is -1.84. The number of esters is 1. The van der Waals surface area contributed by atoms with Gasteiger partial charge in [-0.2, -0.15) is 0 Å². The number of methoxy groups -OCH3 is 2. The Morgan fingerprint density at radius 2 is 1.66 bits per heavy atom. The predicted octanol–water partition coefficient (Wildman–Crippen LogP) is 0.239. The number of phenols is 2. The van der Waals surface area contributed by atoms with Gasteiger partial charge >= 0.3 is 5.97 Å². The number of phenolic OH excluding ortho intramolecular Hbond substituents is 2. The van der Waals surface area contributed by atoms with Crippen molar-refractivity contribution < 1.29 is 53.7 Å². The minimum absolute atomic E-state index is 0.0126. The van der Waals surface area contributed by atoms with Gasteiger partial charge in [0.05, 0.1) is 14.2 Å². The highest BCUT2D eigenvalue weighted by atomic mass is 16.7. The monoisotopic (exact) mass is 490 g/mol.